The fourth-order valence-corrected chi connectivity index (χ4v) is 3.65. The maximum atomic E-state index is 13.3. The molecule has 0 bridgehead atoms. The van der Waals surface area contributed by atoms with Crippen LogP contribution in [-0.4, -0.2) is 31.5 Å². The molecule has 1 fully saturated rings. The van der Waals surface area contributed by atoms with Gasteiger partial charge in [0.15, 0.2) is 0 Å². The van der Waals surface area contributed by atoms with Crippen LogP contribution in [0.15, 0.2) is 41.8 Å². The summed E-state index contributed by atoms with van der Waals surface area (Å²) in [7, 11) is -3.79. The van der Waals surface area contributed by atoms with Crippen molar-refractivity contribution in [3.05, 3.63) is 42.7 Å². The first kappa shape index (κ1) is 13.2. The van der Waals surface area contributed by atoms with E-state index >= 15 is 0 Å². The maximum Gasteiger partial charge on any atom is 0.243 e. The number of sulfonamides is 1. The van der Waals surface area contributed by atoms with Crippen LogP contribution in [0.2, 0.25) is 0 Å². The minimum atomic E-state index is -3.79. The van der Waals surface area contributed by atoms with Crippen LogP contribution in [0.25, 0.3) is 0 Å². The molecular weight excluding hydrogens is 260 g/mol. The van der Waals surface area contributed by atoms with E-state index in [-0.39, 0.29) is 17.9 Å². The fourth-order valence-electron chi connectivity index (χ4n) is 2.02. The smallest absolute Gasteiger partial charge is 0.243 e. The first-order valence-electron chi connectivity index (χ1n) is 5.49. The zero-order valence-corrected chi connectivity index (χ0v) is 10.4. The van der Waals surface area contributed by atoms with Gasteiger partial charge in [0, 0.05) is 19.0 Å². The van der Waals surface area contributed by atoms with E-state index in [0.29, 0.717) is 0 Å². The van der Waals surface area contributed by atoms with Gasteiger partial charge in [-0.3, -0.25) is 0 Å². The molecule has 0 saturated carbocycles. The van der Waals surface area contributed by atoms with Crippen molar-refractivity contribution in [2.24, 2.45) is 0 Å². The number of rotatable bonds is 3. The van der Waals surface area contributed by atoms with Crippen molar-refractivity contribution >= 4 is 10.0 Å². The Morgan fingerprint density at radius 2 is 1.94 bits per heavy atom. The second-order valence-corrected chi connectivity index (χ2v) is 6.06. The molecule has 0 N–H and O–H groups in total. The lowest BCUT2D eigenvalue weighted by molar-refractivity contribution is 0.343. The minimum absolute atomic E-state index is 0.0372. The number of benzene rings is 1. The summed E-state index contributed by atoms with van der Waals surface area (Å²) in [6.07, 6.45) is 0.341. The van der Waals surface area contributed by atoms with E-state index in [0.717, 1.165) is 16.4 Å². The van der Waals surface area contributed by atoms with E-state index in [1.54, 1.807) is 0 Å². The average Bonchev–Trinajstić information content (AvgIpc) is 2.72. The molecule has 2 rings (SSSR count). The molecule has 18 heavy (non-hydrogen) atoms. The third kappa shape index (κ3) is 2.30. The summed E-state index contributed by atoms with van der Waals surface area (Å²) in [6.45, 7) is 3.33. The van der Waals surface area contributed by atoms with Crippen molar-refractivity contribution in [2.75, 3.05) is 6.54 Å². The number of alkyl halides is 1. The molecule has 3 nitrogen and oxygen atoms in total. The molecule has 2 atom stereocenters. The number of hydrogen-bond donors (Lipinski definition) is 0. The van der Waals surface area contributed by atoms with Gasteiger partial charge in [0.05, 0.1) is 4.90 Å². The number of halogens is 2. The molecule has 0 aliphatic carbocycles. The highest BCUT2D eigenvalue weighted by molar-refractivity contribution is 7.89. The lowest BCUT2D eigenvalue weighted by Crippen LogP contribution is -2.34. The highest BCUT2D eigenvalue weighted by Gasteiger charge is 2.38. The fraction of sp³-hybridized carbons (Fsp3) is 0.333. The second kappa shape index (κ2) is 4.78. The molecule has 6 heteroatoms. The molecule has 0 spiro atoms. The van der Waals surface area contributed by atoms with Crippen molar-refractivity contribution in [1.82, 2.24) is 4.31 Å². The van der Waals surface area contributed by atoms with Crippen molar-refractivity contribution in [3.8, 4) is 0 Å². The van der Waals surface area contributed by atoms with Gasteiger partial charge in [0.25, 0.3) is 0 Å². The Kier molecular flexibility index (Phi) is 3.49. The van der Waals surface area contributed by atoms with Crippen LogP contribution < -0.4 is 0 Å². The maximum absolute atomic E-state index is 13.3. The summed E-state index contributed by atoms with van der Waals surface area (Å²) < 4.78 is 51.6. The summed E-state index contributed by atoms with van der Waals surface area (Å²) in [5.41, 5.74) is 0. The molecule has 0 amide bonds. The van der Waals surface area contributed by atoms with E-state index < -0.39 is 28.1 Å². The third-order valence-electron chi connectivity index (χ3n) is 2.94. The van der Waals surface area contributed by atoms with Crippen LogP contribution in [0, 0.1) is 5.82 Å². The van der Waals surface area contributed by atoms with Gasteiger partial charge in [0.2, 0.25) is 10.0 Å². The van der Waals surface area contributed by atoms with Gasteiger partial charge < -0.3 is 0 Å². The largest absolute Gasteiger partial charge is 0.246 e. The third-order valence-corrected chi connectivity index (χ3v) is 4.84. The van der Waals surface area contributed by atoms with Crippen LogP contribution in [0.1, 0.15) is 6.42 Å². The Labute approximate surface area is 105 Å². The molecule has 98 valence electrons. The van der Waals surface area contributed by atoms with Crippen molar-refractivity contribution in [3.63, 3.8) is 0 Å². The lowest BCUT2D eigenvalue weighted by Gasteiger charge is -2.20. The zero-order chi connectivity index (χ0) is 13.3. The molecule has 1 aromatic carbocycles. The summed E-state index contributed by atoms with van der Waals surface area (Å²) >= 11 is 0. The summed E-state index contributed by atoms with van der Waals surface area (Å²) in [5.74, 6) is -0.515. The first-order valence-corrected chi connectivity index (χ1v) is 6.93. The molecule has 1 heterocycles. The van der Waals surface area contributed by atoms with E-state index in [9.17, 15) is 17.2 Å². The minimum Gasteiger partial charge on any atom is -0.246 e. The SMILES string of the molecule is C=CC1CC(F)CN1S(=O)(=O)c1ccc(F)cc1. The Bertz CT molecular complexity index is 542. The van der Waals surface area contributed by atoms with Crippen LogP contribution in [0.5, 0.6) is 0 Å². The van der Waals surface area contributed by atoms with Gasteiger partial charge in [-0.05, 0) is 24.3 Å². The van der Waals surface area contributed by atoms with Gasteiger partial charge in [-0.1, -0.05) is 6.08 Å². The van der Waals surface area contributed by atoms with E-state index in [1.165, 1.54) is 18.2 Å². The predicted octanol–water partition coefficient (Wildman–Crippen LogP) is 2.11. The zero-order valence-electron chi connectivity index (χ0n) is 9.59. The van der Waals surface area contributed by atoms with Crippen LogP contribution in [0.3, 0.4) is 0 Å². The monoisotopic (exact) mass is 273 g/mol. The van der Waals surface area contributed by atoms with E-state index in [4.69, 9.17) is 0 Å². The highest BCUT2D eigenvalue weighted by Crippen LogP contribution is 2.28. The molecule has 1 aromatic rings. The van der Waals surface area contributed by atoms with E-state index in [2.05, 4.69) is 6.58 Å². The number of hydrogen-bond acceptors (Lipinski definition) is 2. The van der Waals surface area contributed by atoms with Crippen LogP contribution in [0.4, 0.5) is 8.78 Å². The second-order valence-electron chi connectivity index (χ2n) is 4.16. The molecule has 0 radical (unpaired) electrons. The summed E-state index contributed by atoms with van der Waals surface area (Å²) in [5, 5.41) is 0. The van der Waals surface area contributed by atoms with Gasteiger partial charge in [0.1, 0.15) is 12.0 Å². The lowest BCUT2D eigenvalue weighted by atomic mass is 10.2. The summed E-state index contributed by atoms with van der Waals surface area (Å²) in [4.78, 5) is -0.0372. The molecule has 0 aromatic heterocycles. The van der Waals surface area contributed by atoms with Gasteiger partial charge in [-0.15, -0.1) is 6.58 Å². The molecule has 1 saturated heterocycles. The van der Waals surface area contributed by atoms with Crippen molar-refractivity contribution < 1.29 is 17.2 Å². The first-order chi connectivity index (χ1) is 8.45. The normalized spacial score (nSPS) is 25.2. The molecule has 1 aliphatic rings. The summed E-state index contributed by atoms with van der Waals surface area (Å²) in [6, 6.07) is 3.94. The number of nitrogens with zero attached hydrogens (tertiary/aromatic N) is 1. The standard InChI is InChI=1S/C12H13F2NO2S/c1-2-11-7-10(14)8-15(11)18(16,17)12-5-3-9(13)4-6-12/h2-6,10-11H,1,7-8H2. The van der Waals surface area contributed by atoms with Gasteiger partial charge >= 0.3 is 0 Å². The van der Waals surface area contributed by atoms with Crippen molar-refractivity contribution in [1.29, 1.82) is 0 Å². The Morgan fingerprint density at radius 3 is 2.50 bits per heavy atom. The van der Waals surface area contributed by atoms with Crippen molar-refractivity contribution in [2.45, 2.75) is 23.5 Å². The Hall–Kier alpha value is -1.27. The Morgan fingerprint density at radius 1 is 1.33 bits per heavy atom. The Balaban J connectivity index is 2.36. The topological polar surface area (TPSA) is 37.4 Å². The average molecular weight is 273 g/mol. The van der Waals surface area contributed by atoms with E-state index in [1.807, 2.05) is 0 Å². The predicted molar refractivity (Wildman–Crippen MR) is 63.8 cm³/mol. The van der Waals surface area contributed by atoms with Gasteiger partial charge in [-0.25, -0.2) is 17.2 Å². The van der Waals surface area contributed by atoms with Crippen LogP contribution in [-0.2, 0) is 10.0 Å². The quantitative estimate of drug-likeness (QED) is 0.791. The molecule has 2 unspecified atom stereocenters. The highest BCUT2D eigenvalue weighted by atomic mass is 32.2. The van der Waals surface area contributed by atoms with Gasteiger partial charge in [-0.2, -0.15) is 4.31 Å². The molecular formula is C12H13F2NO2S. The van der Waals surface area contributed by atoms with Crippen LogP contribution >= 0.6 is 0 Å². The molecule has 1 aliphatic heterocycles.